The van der Waals surface area contributed by atoms with Crippen molar-refractivity contribution in [2.24, 2.45) is 0 Å². The van der Waals surface area contributed by atoms with Crippen LogP contribution in [0.25, 0.3) is 9.69 Å². The molecule has 2 fully saturated rings. The summed E-state index contributed by atoms with van der Waals surface area (Å²) < 4.78 is 12.1. The summed E-state index contributed by atoms with van der Waals surface area (Å²) in [4.78, 5) is 24.8. The maximum Gasteiger partial charge on any atom is 1.00 e. The van der Waals surface area contributed by atoms with Crippen molar-refractivity contribution in [3.05, 3.63) is 203 Å². The minimum absolute atomic E-state index is 0. The molecule has 0 amide bonds. The number of nitrogens with one attached hydrogen (secondary N) is 1. The molecule has 2 heterocycles. The maximum absolute atomic E-state index is 12.1. The fourth-order valence-electron chi connectivity index (χ4n) is 6.93. The molecule has 6 aromatic carbocycles. The fourth-order valence-corrected chi connectivity index (χ4v) is 8.22. The van der Waals surface area contributed by atoms with Gasteiger partial charge in [0.25, 0.3) is 6.47 Å². The van der Waals surface area contributed by atoms with Crippen molar-refractivity contribution in [2.45, 2.75) is 12.1 Å². The van der Waals surface area contributed by atoms with E-state index < -0.39 is 0 Å². The topological polar surface area (TPSA) is 79.8 Å². The number of hydrogen-bond acceptors (Lipinski definition) is 7. The van der Waals surface area contributed by atoms with E-state index in [1.165, 1.54) is 35.4 Å². The molecule has 0 unspecified atom stereocenters. The zero-order valence-electron chi connectivity index (χ0n) is 36.3. The molecule has 0 radical (unpaired) electrons. The Labute approximate surface area is 495 Å². The Balaban J connectivity index is 0.000000353. The van der Waals surface area contributed by atoms with E-state index in [1.54, 1.807) is 12.1 Å². The molecule has 2 aliphatic rings. The summed E-state index contributed by atoms with van der Waals surface area (Å²) in [6.45, 7) is 18.6. The van der Waals surface area contributed by atoms with Gasteiger partial charge in [-0.25, -0.2) is 14.1 Å². The normalized spacial score (nSPS) is 15.0. The third kappa shape index (κ3) is 17.5. The zero-order valence-corrected chi connectivity index (χ0v) is 46.1. The maximum atomic E-state index is 12.1. The van der Waals surface area contributed by atoms with Gasteiger partial charge < -0.3 is 31.6 Å². The number of carbonyl (C=O) groups excluding carboxylic acids is 1. The number of hydrogen-bond donors (Lipinski definition) is 1. The third-order valence-corrected chi connectivity index (χ3v) is 11.5. The van der Waals surface area contributed by atoms with Crippen LogP contribution in [-0.4, -0.2) is 45.7 Å². The van der Waals surface area contributed by atoms with Gasteiger partial charge in [0.2, 0.25) is 0 Å². The van der Waals surface area contributed by atoms with E-state index >= 15 is 0 Å². The first-order valence-electron chi connectivity index (χ1n) is 19.2. The van der Waals surface area contributed by atoms with Crippen molar-refractivity contribution in [1.82, 2.24) is 5.32 Å². The van der Waals surface area contributed by atoms with Crippen molar-refractivity contribution in [1.29, 1.82) is 0 Å². The second kappa shape index (κ2) is 29.8. The van der Waals surface area contributed by atoms with Crippen LogP contribution in [0.4, 0.5) is 32.8 Å². The standard InChI is InChI=1S/C23H18Cl3N3.C16H15Cl3N2.C7H4FN.CH2O3.2K.H/c1-27-19-7-9-20(10-8-19)28-12-13-29(22-11-6-18(25)14-21(22)26)23(15-28)16-2-4-17(24)5-3-16;17-12-3-1-11(2-4-12)16-10-20-7-8-21(16)15-6-5-13(18)9-14(15)19;1-9-7-4-2-6(8)3-5-7;2-1-4-3;;;/h2-11,14,23H,12-13,15H2;1-6,9,16,20H,7-8,10H2;2-5H;1,3H;;;/q;;;;2*+1;-1/p-1/t23-;16-;;;;;/m00...../s1. The molecule has 0 bridgehead atoms. The van der Waals surface area contributed by atoms with Gasteiger partial charge in [-0.1, -0.05) is 118 Å². The summed E-state index contributed by atoms with van der Waals surface area (Å²) in [6, 6.07) is 40.8. The van der Waals surface area contributed by atoms with E-state index in [4.69, 9.17) is 92.8 Å². The Morgan fingerprint density at radius 1 is 0.631 bits per heavy atom. The Hall–Kier alpha value is -1.97. The molecule has 18 heteroatoms. The number of anilines is 3. The zero-order chi connectivity index (χ0) is 45.3. The largest absolute Gasteiger partial charge is 1.00 e. The number of piperazine rings is 2. The predicted octanol–water partition coefficient (Wildman–Crippen LogP) is 6.99. The first-order chi connectivity index (χ1) is 30.4. The number of nitrogens with zero attached hydrogens (tertiary/aromatic N) is 5. The van der Waals surface area contributed by atoms with E-state index in [9.17, 15) is 4.39 Å². The molecular formula is C47H39Cl6FK2N6O3. The van der Waals surface area contributed by atoms with Crippen LogP contribution in [0.3, 0.4) is 0 Å². The molecule has 65 heavy (non-hydrogen) atoms. The monoisotopic (exact) mass is 1040 g/mol. The molecule has 326 valence electrons. The summed E-state index contributed by atoms with van der Waals surface area (Å²) >= 11 is 37.1. The van der Waals surface area contributed by atoms with E-state index in [0.29, 0.717) is 36.5 Å². The number of halogens is 7. The van der Waals surface area contributed by atoms with Crippen LogP contribution in [0.1, 0.15) is 24.6 Å². The van der Waals surface area contributed by atoms with Gasteiger partial charge in [-0.2, -0.15) is 0 Å². The average molecular weight is 1050 g/mol. The molecule has 9 nitrogen and oxygen atoms in total. The van der Waals surface area contributed by atoms with Crippen molar-refractivity contribution in [2.75, 3.05) is 54.0 Å². The van der Waals surface area contributed by atoms with Crippen LogP contribution in [0, 0.1) is 19.0 Å². The van der Waals surface area contributed by atoms with Crippen LogP contribution in [-0.2, 0) is 9.68 Å². The van der Waals surface area contributed by atoms with Gasteiger partial charge in [0.1, 0.15) is 5.82 Å². The molecular weight excluding hydrogens is 1010 g/mol. The van der Waals surface area contributed by atoms with Gasteiger partial charge >= 0.3 is 103 Å². The van der Waals surface area contributed by atoms with E-state index in [0.717, 1.165) is 61.4 Å². The first kappa shape index (κ1) is 57.4. The smallest absolute Gasteiger partial charge is 1.00 e. The Morgan fingerprint density at radius 2 is 1.06 bits per heavy atom. The van der Waals surface area contributed by atoms with Gasteiger partial charge in [-0.3, -0.25) is 4.79 Å². The Bertz CT molecular complexity index is 2510. The van der Waals surface area contributed by atoms with E-state index in [2.05, 4.69) is 58.9 Å². The number of rotatable bonds is 6. The quantitative estimate of drug-likeness (QED) is 0.0634. The van der Waals surface area contributed by atoms with Crippen LogP contribution in [0.2, 0.25) is 30.1 Å². The number of benzene rings is 6. The Morgan fingerprint density at radius 3 is 1.51 bits per heavy atom. The molecule has 2 atom stereocenters. The molecule has 0 saturated carbocycles. The summed E-state index contributed by atoms with van der Waals surface area (Å²) in [6.07, 6.45) is 0. The minimum Gasteiger partial charge on any atom is -1.00 e. The summed E-state index contributed by atoms with van der Waals surface area (Å²) in [5.41, 5.74) is 6.60. The first-order valence-corrected chi connectivity index (χ1v) is 21.4. The molecule has 2 aliphatic heterocycles. The molecule has 0 spiro atoms. The van der Waals surface area contributed by atoms with Gasteiger partial charge in [0.15, 0.2) is 11.4 Å². The van der Waals surface area contributed by atoms with Gasteiger partial charge in [0, 0.05) is 65.0 Å². The number of carbonyl (C=O) groups is 1. The molecule has 0 aromatic heterocycles. The van der Waals surface area contributed by atoms with Crippen LogP contribution < -0.4 is 128 Å². The van der Waals surface area contributed by atoms with Crippen molar-refractivity contribution >= 4 is 105 Å². The van der Waals surface area contributed by atoms with Gasteiger partial charge in [0.05, 0.1) is 46.6 Å². The summed E-state index contributed by atoms with van der Waals surface area (Å²) in [5.74, 6) is -0.303. The fraction of sp³-hybridized carbons (Fsp3) is 0.170. The summed E-state index contributed by atoms with van der Waals surface area (Å²) in [5, 5.41) is 15.9. The van der Waals surface area contributed by atoms with Crippen LogP contribution in [0.15, 0.2) is 133 Å². The minimum atomic E-state index is -0.303. The van der Waals surface area contributed by atoms with E-state index in [-0.39, 0.29) is 129 Å². The molecule has 0 aliphatic carbocycles. The van der Waals surface area contributed by atoms with Crippen LogP contribution in [0.5, 0.6) is 0 Å². The van der Waals surface area contributed by atoms with E-state index in [1.807, 2.05) is 72.8 Å². The summed E-state index contributed by atoms with van der Waals surface area (Å²) in [7, 11) is 0. The SMILES string of the molecule is Clc1ccc([C@@H]2CNCCN2c2ccc(Cl)cc2Cl)cc1.O=CO[O-].[C-]#[N+]c1ccc(F)cc1.[C-]#[N+]c1ccc(N2CCN(c3ccc(Cl)cc3Cl)[C@H](c3ccc(Cl)cc3)C2)cc1.[H-].[K+].[K+]. The predicted molar refractivity (Wildman–Crippen MR) is 255 cm³/mol. The van der Waals surface area contributed by atoms with Gasteiger partial charge in [-0.15, -0.1) is 0 Å². The second-order valence-electron chi connectivity index (χ2n) is 13.8. The molecule has 1 N–H and O–H groups in total. The van der Waals surface area contributed by atoms with Crippen molar-refractivity contribution in [3.8, 4) is 0 Å². The molecule has 6 aromatic rings. The van der Waals surface area contributed by atoms with Gasteiger partial charge in [-0.05, 0) is 96.1 Å². The Kier molecular flexibility index (Phi) is 26.3. The molecule has 2 saturated heterocycles. The van der Waals surface area contributed by atoms with Crippen molar-refractivity contribution < 1.29 is 124 Å². The second-order valence-corrected chi connectivity index (χ2v) is 16.3. The van der Waals surface area contributed by atoms with Crippen LogP contribution >= 0.6 is 69.6 Å². The molecule has 8 rings (SSSR count). The third-order valence-electron chi connectivity index (χ3n) is 9.91. The van der Waals surface area contributed by atoms with Crippen molar-refractivity contribution in [3.63, 3.8) is 0 Å². The average Bonchev–Trinajstić information content (AvgIpc) is 3.30.